The quantitative estimate of drug-likeness (QED) is 0.185. The SMILES string of the molecule is CC1(C)c2ccc(-c3ccc(-c4nc(-c5ccccc5)nc5c4sc4ccccc45)cc3)cc2-c2cc3c(cc21)-c1ccccc1C31CCCCC1. The number of fused-ring (bicyclic) bond motifs is 11. The molecule has 250 valence electrons. The number of benzene rings is 6. The molecule has 0 unspecified atom stereocenters. The van der Waals surface area contributed by atoms with Crippen molar-refractivity contribution < 1.29 is 0 Å². The van der Waals surface area contributed by atoms with Crippen LogP contribution in [0.1, 0.15) is 68.2 Å². The lowest BCUT2D eigenvalue weighted by atomic mass is 9.67. The first-order chi connectivity index (χ1) is 25.5. The Morgan fingerprint density at radius 2 is 1.17 bits per heavy atom. The van der Waals surface area contributed by atoms with Crippen LogP contribution in [0.15, 0.2) is 133 Å². The molecular weight excluding hydrogens is 649 g/mol. The predicted molar refractivity (Wildman–Crippen MR) is 218 cm³/mol. The van der Waals surface area contributed by atoms with Crippen LogP contribution in [0, 0.1) is 0 Å². The second-order valence-corrected chi connectivity index (χ2v) is 16.7. The van der Waals surface area contributed by atoms with Gasteiger partial charge in [-0.15, -0.1) is 11.3 Å². The van der Waals surface area contributed by atoms with Gasteiger partial charge in [0.15, 0.2) is 5.82 Å². The molecule has 1 fully saturated rings. The zero-order chi connectivity index (χ0) is 34.6. The van der Waals surface area contributed by atoms with Gasteiger partial charge in [-0.1, -0.05) is 142 Å². The van der Waals surface area contributed by atoms with E-state index in [-0.39, 0.29) is 10.8 Å². The Kier molecular flexibility index (Phi) is 6.44. The van der Waals surface area contributed by atoms with Crippen molar-refractivity contribution in [3.05, 3.63) is 156 Å². The average Bonchev–Trinajstić information content (AvgIpc) is 3.78. The van der Waals surface area contributed by atoms with Crippen molar-refractivity contribution in [3.8, 4) is 56.0 Å². The van der Waals surface area contributed by atoms with E-state index in [1.54, 1.807) is 22.5 Å². The van der Waals surface area contributed by atoms with Crippen molar-refractivity contribution >= 4 is 31.6 Å². The molecule has 1 saturated carbocycles. The van der Waals surface area contributed by atoms with Crippen molar-refractivity contribution in [1.82, 2.24) is 9.97 Å². The second kappa shape index (κ2) is 11.1. The molecule has 3 heteroatoms. The van der Waals surface area contributed by atoms with Gasteiger partial charge >= 0.3 is 0 Å². The summed E-state index contributed by atoms with van der Waals surface area (Å²) in [5.41, 5.74) is 18.5. The summed E-state index contributed by atoms with van der Waals surface area (Å²) in [6.45, 7) is 4.83. The largest absolute Gasteiger partial charge is 0.226 e. The number of rotatable bonds is 3. The molecule has 0 radical (unpaired) electrons. The zero-order valence-corrected chi connectivity index (χ0v) is 30.4. The van der Waals surface area contributed by atoms with Gasteiger partial charge in [-0.3, -0.25) is 0 Å². The van der Waals surface area contributed by atoms with Gasteiger partial charge in [0, 0.05) is 32.0 Å². The number of hydrogen-bond donors (Lipinski definition) is 0. The van der Waals surface area contributed by atoms with E-state index >= 15 is 0 Å². The number of aromatic nitrogens is 2. The summed E-state index contributed by atoms with van der Waals surface area (Å²) >= 11 is 1.78. The molecule has 0 saturated heterocycles. The standard InChI is InChI=1S/C49H38N2S/c1-48(2)39-24-23-33(27-36(39)38-29-42-37(28-41(38)48)34-15-7-9-17-40(34)49(42)25-11-4-12-26-49)30-19-21-31(22-20-30)44-46-45(35-16-8-10-18-43(35)52-46)51-47(50-44)32-13-5-3-6-14-32/h3,5-10,13-24,27-29H,4,11-12,25-26H2,1-2H3. The fourth-order valence-electron chi connectivity index (χ4n) is 9.89. The number of thiophene rings is 1. The molecule has 2 nitrogen and oxygen atoms in total. The lowest BCUT2D eigenvalue weighted by Gasteiger charge is -2.36. The average molecular weight is 687 g/mol. The first kappa shape index (κ1) is 30.3. The second-order valence-electron chi connectivity index (χ2n) is 15.6. The Morgan fingerprint density at radius 1 is 0.500 bits per heavy atom. The molecular formula is C49H38N2S. The van der Waals surface area contributed by atoms with Gasteiger partial charge in [0.2, 0.25) is 0 Å². The third-order valence-electron chi connectivity index (χ3n) is 12.5. The fraction of sp³-hybridized carbons (Fsp3) is 0.184. The minimum Gasteiger partial charge on any atom is -0.226 e. The molecule has 52 heavy (non-hydrogen) atoms. The van der Waals surface area contributed by atoms with Crippen LogP contribution < -0.4 is 0 Å². The minimum absolute atomic E-state index is 0.0571. The fourth-order valence-corrected chi connectivity index (χ4v) is 11.0. The topological polar surface area (TPSA) is 25.8 Å². The maximum atomic E-state index is 5.21. The molecule has 2 aromatic heterocycles. The van der Waals surface area contributed by atoms with Crippen LogP contribution in [0.2, 0.25) is 0 Å². The van der Waals surface area contributed by atoms with Crippen LogP contribution in [0.5, 0.6) is 0 Å². The van der Waals surface area contributed by atoms with Crippen molar-refractivity contribution in [3.63, 3.8) is 0 Å². The van der Waals surface area contributed by atoms with Crippen LogP contribution in [-0.2, 0) is 10.8 Å². The monoisotopic (exact) mass is 686 g/mol. The highest BCUT2D eigenvalue weighted by atomic mass is 32.1. The van der Waals surface area contributed by atoms with E-state index < -0.39 is 0 Å². The highest BCUT2D eigenvalue weighted by Crippen LogP contribution is 2.60. The van der Waals surface area contributed by atoms with E-state index in [9.17, 15) is 0 Å². The molecule has 3 aliphatic carbocycles. The predicted octanol–water partition coefficient (Wildman–Crippen LogP) is 13.4. The van der Waals surface area contributed by atoms with E-state index in [2.05, 4.69) is 141 Å². The zero-order valence-electron chi connectivity index (χ0n) is 29.5. The van der Waals surface area contributed by atoms with Gasteiger partial charge in [-0.25, -0.2) is 9.97 Å². The van der Waals surface area contributed by atoms with Crippen molar-refractivity contribution in [2.24, 2.45) is 0 Å². The maximum Gasteiger partial charge on any atom is 0.160 e. The van der Waals surface area contributed by atoms with E-state index in [1.165, 1.54) is 86.7 Å². The smallest absolute Gasteiger partial charge is 0.160 e. The van der Waals surface area contributed by atoms with Gasteiger partial charge in [0.25, 0.3) is 0 Å². The van der Waals surface area contributed by atoms with Gasteiger partial charge in [0.05, 0.1) is 15.9 Å². The van der Waals surface area contributed by atoms with Gasteiger partial charge in [-0.05, 0) is 92.7 Å². The molecule has 6 aromatic carbocycles. The van der Waals surface area contributed by atoms with E-state index in [4.69, 9.17) is 9.97 Å². The highest BCUT2D eigenvalue weighted by Gasteiger charge is 2.46. The van der Waals surface area contributed by atoms with Crippen LogP contribution in [0.4, 0.5) is 0 Å². The third kappa shape index (κ3) is 4.23. The summed E-state index contributed by atoms with van der Waals surface area (Å²) in [5, 5.41) is 1.19. The van der Waals surface area contributed by atoms with Crippen LogP contribution >= 0.6 is 11.3 Å². The minimum atomic E-state index is -0.0571. The summed E-state index contributed by atoms with van der Waals surface area (Å²) < 4.78 is 2.37. The van der Waals surface area contributed by atoms with E-state index in [0.717, 1.165) is 32.9 Å². The Labute approximate surface area is 308 Å². The summed E-state index contributed by atoms with van der Waals surface area (Å²) in [6, 6.07) is 49.6. The summed E-state index contributed by atoms with van der Waals surface area (Å²) in [5.74, 6) is 0.764. The van der Waals surface area contributed by atoms with Crippen molar-refractivity contribution in [1.29, 1.82) is 0 Å². The molecule has 3 aliphatic rings. The highest BCUT2D eigenvalue weighted by molar-refractivity contribution is 7.26. The maximum absolute atomic E-state index is 5.21. The summed E-state index contributed by atoms with van der Waals surface area (Å²) in [6.07, 6.45) is 6.48. The Balaban J connectivity index is 1.02. The normalized spacial score (nSPS) is 16.2. The Bertz CT molecular complexity index is 2730. The van der Waals surface area contributed by atoms with Crippen LogP contribution in [0.3, 0.4) is 0 Å². The van der Waals surface area contributed by atoms with Gasteiger partial charge in [-0.2, -0.15) is 0 Å². The summed E-state index contributed by atoms with van der Waals surface area (Å²) in [4.78, 5) is 10.3. The van der Waals surface area contributed by atoms with Crippen LogP contribution in [0.25, 0.3) is 76.3 Å². The molecule has 2 heterocycles. The molecule has 0 atom stereocenters. The molecule has 0 N–H and O–H groups in total. The molecule has 0 aliphatic heterocycles. The molecule has 0 bridgehead atoms. The first-order valence-electron chi connectivity index (χ1n) is 18.8. The lowest BCUT2D eigenvalue weighted by Crippen LogP contribution is -2.28. The molecule has 11 rings (SSSR count). The Morgan fingerprint density at radius 3 is 2.02 bits per heavy atom. The van der Waals surface area contributed by atoms with E-state index in [0.29, 0.717) is 0 Å². The number of hydrogen-bond acceptors (Lipinski definition) is 3. The summed E-state index contributed by atoms with van der Waals surface area (Å²) in [7, 11) is 0. The van der Waals surface area contributed by atoms with E-state index in [1.807, 2.05) is 6.07 Å². The van der Waals surface area contributed by atoms with Gasteiger partial charge < -0.3 is 0 Å². The van der Waals surface area contributed by atoms with Crippen LogP contribution in [-0.4, -0.2) is 9.97 Å². The molecule has 8 aromatic rings. The third-order valence-corrected chi connectivity index (χ3v) is 13.7. The lowest BCUT2D eigenvalue weighted by molar-refractivity contribution is 0.353. The van der Waals surface area contributed by atoms with Crippen molar-refractivity contribution in [2.75, 3.05) is 0 Å². The van der Waals surface area contributed by atoms with Crippen molar-refractivity contribution in [2.45, 2.75) is 56.8 Å². The molecule has 0 amide bonds. The number of nitrogens with zero attached hydrogens (tertiary/aromatic N) is 2. The van der Waals surface area contributed by atoms with Gasteiger partial charge in [0.1, 0.15) is 0 Å². The molecule has 1 spiro atoms. The Hall–Kier alpha value is -5.38. The first-order valence-corrected chi connectivity index (χ1v) is 19.6.